The molecule has 1 aliphatic heterocycles. The third kappa shape index (κ3) is 3.84. The van der Waals surface area contributed by atoms with Gasteiger partial charge in [-0.25, -0.2) is 0 Å². The first kappa shape index (κ1) is 16.3. The Morgan fingerprint density at radius 3 is 2.65 bits per heavy atom. The van der Waals surface area contributed by atoms with Crippen molar-refractivity contribution in [1.29, 1.82) is 0 Å². The van der Waals surface area contributed by atoms with Crippen molar-refractivity contribution in [2.45, 2.75) is 58.4 Å². The maximum Gasteiger partial charge on any atom is 0.0524 e. The van der Waals surface area contributed by atoms with Crippen LogP contribution in [0, 0.1) is 0 Å². The number of nitrogens with zero attached hydrogens (tertiary/aromatic N) is 2. The highest BCUT2D eigenvalue weighted by Gasteiger charge is 2.25. The van der Waals surface area contributed by atoms with E-state index in [9.17, 15) is 0 Å². The molecule has 0 radical (unpaired) electrons. The SMILES string of the molecule is CCc1ccc(CN2CCCC(c3[nH]ncc3C(C)C)C2)cc1. The maximum atomic E-state index is 4.30. The molecule has 1 unspecified atom stereocenters. The molecule has 0 aliphatic carbocycles. The fourth-order valence-electron chi connectivity index (χ4n) is 3.67. The molecule has 1 aromatic carbocycles. The predicted octanol–water partition coefficient (Wildman–Crippen LogP) is 4.48. The van der Waals surface area contributed by atoms with Gasteiger partial charge >= 0.3 is 0 Å². The molecule has 1 fully saturated rings. The van der Waals surface area contributed by atoms with Crippen molar-refractivity contribution in [3.8, 4) is 0 Å². The summed E-state index contributed by atoms with van der Waals surface area (Å²) < 4.78 is 0. The van der Waals surface area contributed by atoms with Crippen LogP contribution in [0.3, 0.4) is 0 Å². The summed E-state index contributed by atoms with van der Waals surface area (Å²) in [5.41, 5.74) is 5.61. The van der Waals surface area contributed by atoms with Crippen LogP contribution in [-0.4, -0.2) is 28.2 Å². The van der Waals surface area contributed by atoms with E-state index in [0.717, 1.165) is 19.5 Å². The number of aromatic amines is 1. The molecule has 1 aliphatic rings. The van der Waals surface area contributed by atoms with Crippen LogP contribution in [0.2, 0.25) is 0 Å². The van der Waals surface area contributed by atoms with Crippen molar-refractivity contribution in [3.05, 3.63) is 52.8 Å². The number of hydrogen-bond acceptors (Lipinski definition) is 2. The van der Waals surface area contributed by atoms with Gasteiger partial charge in [0.2, 0.25) is 0 Å². The quantitative estimate of drug-likeness (QED) is 0.883. The topological polar surface area (TPSA) is 31.9 Å². The minimum Gasteiger partial charge on any atom is -0.298 e. The lowest BCUT2D eigenvalue weighted by Crippen LogP contribution is -2.34. The number of nitrogens with one attached hydrogen (secondary N) is 1. The zero-order valence-corrected chi connectivity index (χ0v) is 14.7. The molecule has 3 heteroatoms. The molecule has 124 valence electrons. The largest absolute Gasteiger partial charge is 0.298 e. The van der Waals surface area contributed by atoms with Gasteiger partial charge in [-0.05, 0) is 48.4 Å². The van der Waals surface area contributed by atoms with Crippen LogP contribution in [0.1, 0.15) is 67.8 Å². The maximum absolute atomic E-state index is 4.30. The first-order valence-electron chi connectivity index (χ1n) is 9.00. The van der Waals surface area contributed by atoms with Gasteiger partial charge in [-0.2, -0.15) is 5.10 Å². The second-order valence-corrected chi connectivity index (χ2v) is 7.14. The highest BCUT2D eigenvalue weighted by molar-refractivity contribution is 5.25. The molecule has 0 amide bonds. The number of aryl methyl sites for hydroxylation is 1. The predicted molar refractivity (Wildman–Crippen MR) is 95.7 cm³/mol. The van der Waals surface area contributed by atoms with Crippen molar-refractivity contribution in [2.24, 2.45) is 0 Å². The highest BCUT2D eigenvalue weighted by atomic mass is 15.2. The lowest BCUT2D eigenvalue weighted by molar-refractivity contribution is 0.198. The molecule has 2 heterocycles. The average molecular weight is 311 g/mol. The second-order valence-electron chi connectivity index (χ2n) is 7.14. The fourth-order valence-corrected chi connectivity index (χ4v) is 3.67. The van der Waals surface area contributed by atoms with E-state index in [-0.39, 0.29) is 0 Å². The monoisotopic (exact) mass is 311 g/mol. The molecule has 3 nitrogen and oxygen atoms in total. The zero-order valence-electron chi connectivity index (χ0n) is 14.7. The van der Waals surface area contributed by atoms with Crippen LogP contribution in [0.5, 0.6) is 0 Å². The van der Waals surface area contributed by atoms with Crippen molar-refractivity contribution >= 4 is 0 Å². The van der Waals surface area contributed by atoms with E-state index in [2.05, 4.69) is 60.1 Å². The molecule has 0 saturated carbocycles. The molecule has 2 aromatic rings. The van der Waals surface area contributed by atoms with E-state index < -0.39 is 0 Å². The number of aromatic nitrogens is 2. The Morgan fingerprint density at radius 1 is 1.22 bits per heavy atom. The Hall–Kier alpha value is -1.61. The Balaban J connectivity index is 1.66. The summed E-state index contributed by atoms with van der Waals surface area (Å²) in [6.07, 6.45) is 5.67. The van der Waals surface area contributed by atoms with Crippen LogP contribution < -0.4 is 0 Å². The standard InChI is InChI=1S/C20H29N3/c1-4-16-7-9-17(10-8-16)13-23-11-5-6-18(14-23)20-19(15(2)3)12-21-22-20/h7-10,12,15,18H,4-6,11,13-14H2,1-3H3,(H,21,22). The Bertz CT molecular complexity index is 612. The fraction of sp³-hybridized carbons (Fsp3) is 0.550. The summed E-state index contributed by atoms with van der Waals surface area (Å²) >= 11 is 0. The van der Waals surface area contributed by atoms with Crippen LogP contribution in [0.25, 0.3) is 0 Å². The summed E-state index contributed by atoms with van der Waals surface area (Å²) in [5, 5.41) is 7.58. The van der Waals surface area contributed by atoms with Gasteiger partial charge in [0.1, 0.15) is 0 Å². The zero-order chi connectivity index (χ0) is 16.2. The molecule has 1 aromatic heterocycles. The van der Waals surface area contributed by atoms with E-state index in [0.29, 0.717) is 11.8 Å². The molecule has 1 atom stereocenters. The van der Waals surface area contributed by atoms with Crippen LogP contribution >= 0.6 is 0 Å². The molecule has 0 spiro atoms. The Morgan fingerprint density at radius 2 is 1.96 bits per heavy atom. The van der Waals surface area contributed by atoms with E-state index in [1.807, 2.05) is 6.20 Å². The van der Waals surface area contributed by atoms with E-state index in [1.54, 1.807) is 0 Å². The Labute approximate surface area is 140 Å². The average Bonchev–Trinajstić information content (AvgIpc) is 3.06. The first-order valence-corrected chi connectivity index (χ1v) is 9.00. The van der Waals surface area contributed by atoms with Crippen molar-refractivity contribution < 1.29 is 0 Å². The number of rotatable bonds is 5. The van der Waals surface area contributed by atoms with Gasteiger partial charge in [-0.15, -0.1) is 0 Å². The van der Waals surface area contributed by atoms with Gasteiger partial charge < -0.3 is 0 Å². The van der Waals surface area contributed by atoms with Crippen LogP contribution in [0.4, 0.5) is 0 Å². The summed E-state index contributed by atoms with van der Waals surface area (Å²) in [6, 6.07) is 9.11. The minimum atomic E-state index is 0.542. The number of benzene rings is 1. The van der Waals surface area contributed by atoms with Crippen LogP contribution in [-0.2, 0) is 13.0 Å². The Kier molecular flexibility index (Phi) is 5.16. The number of H-pyrrole nitrogens is 1. The van der Waals surface area contributed by atoms with E-state index in [1.165, 1.54) is 41.8 Å². The number of piperidine rings is 1. The molecule has 3 rings (SSSR count). The van der Waals surface area contributed by atoms with Gasteiger partial charge in [0.25, 0.3) is 0 Å². The highest BCUT2D eigenvalue weighted by Crippen LogP contribution is 2.31. The molecular weight excluding hydrogens is 282 g/mol. The third-order valence-corrected chi connectivity index (χ3v) is 5.07. The summed E-state index contributed by atoms with van der Waals surface area (Å²) in [7, 11) is 0. The van der Waals surface area contributed by atoms with Gasteiger partial charge in [0, 0.05) is 24.7 Å². The lowest BCUT2D eigenvalue weighted by Gasteiger charge is -2.33. The minimum absolute atomic E-state index is 0.542. The van der Waals surface area contributed by atoms with Crippen molar-refractivity contribution in [2.75, 3.05) is 13.1 Å². The van der Waals surface area contributed by atoms with E-state index >= 15 is 0 Å². The van der Waals surface area contributed by atoms with Crippen molar-refractivity contribution in [3.63, 3.8) is 0 Å². The van der Waals surface area contributed by atoms with Gasteiger partial charge in [0.15, 0.2) is 0 Å². The molecular formula is C20H29N3. The third-order valence-electron chi connectivity index (χ3n) is 5.07. The number of likely N-dealkylation sites (tertiary alicyclic amines) is 1. The molecule has 1 N–H and O–H groups in total. The van der Waals surface area contributed by atoms with Gasteiger partial charge in [-0.3, -0.25) is 10.00 Å². The summed E-state index contributed by atoms with van der Waals surface area (Å²) in [4.78, 5) is 2.60. The van der Waals surface area contributed by atoms with Crippen molar-refractivity contribution in [1.82, 2.24) is 15.1 Å². The normalized spacial score (nSPS) is 19.4. The lowest BCUT2D eigenvalue weighted by atomic mass is 9.89. The molecule has 0 bridgehead atoms. The summed E-state index contributed by atoms with van der Waals surface area (Å²) in [6.45, 7) is 10.1. The molecule has 1 saturated heterocycles. The number of hydrogen-bond donors (Lipinski definition) is 1. The van der Waals surface area contributed by atoms with Gasteiger partial charge in [-0.1, -0.05) is 45.0 Å². The molecule has 23 heavy (non-hydrogen) atoms. The van der Waals surface area contributed by atoms with Crippen LogP contribution in [0.15, 0.2) is 30.5 Å². The first-order chi connectivity index (χ1) is 11.2. The smallest absolute Gasteiger partial charge is 0.0524 e. The second kappa shape index (κ2) is 7.31. The summed E-state index contributed by atoms with van der Waals surface area (Å²) in [5.74, 6) is 1.14. The van der Waals surface area contributed by atoms with Gasteiger partial charge in [0.05, 0.1) is 6.20 Å². The van der Waals surface area contributed by atoms with E-state index in [4.69, 9.17) is 0 Å².